The molecule has 0 atom stereocenters. The summed E-state index contributed by atoms with van der Waals surface area (Å²) in [4.78, 5) is 14.3. The highest BCUT2D eigenvalue weighted by atomic mass is 19.1. The molecule has 0 amide bonds. The topological polar surface area (TPSA) is 67.4 Å². The van der Waals surface area contributed by atoms with Crippen LogP contribution in [0.4, 0.5) is 4.39 Å². The fraction of sp³-hybridized carbons (Fsp3) is 0. The maximum atomic E-state index is 13.7. The molecule has 0 saturated carbocycles. The Morgan fingerprint density at radius 3 is 1.93 bits per heavy atom. The van der Waals surface area contributed by atoms with Crippen molar-refractivity contribution in [1.82, 2.24) is 19.5 Å². The van der Waals surface area contributed by atoms with Gasteiger partial charge in [-0.15, -0.1) is 0 Å². The third-order valence-electron chi connectivity index (χ3n) is 6.93. The smallest absolute Gasteiger partial charge is 0.164 e. The molecule has 5 nitrogen and oxygen atoms in total. The molecule has 0 aliphatic heterocycles. The van der Waals surface area contributed by atoms with Gasteiger partial charge in [-0.3, -0.25) is 0 Å². The SMILES string of the molecule is N#Cc1cccc(-c2nc(-c3ccc(F)cc3)nc(-c3ccc4c(c3)c3ccccc3n4-c3ccccc3)n2)c1. The Morgan fingerprint density at radius 1 is 0.550 bits per heavy atom. The lowest BCUT2D eigenvalue weighted by atomic mass is 10.1. The van der Waals surface area contributed by atoms with Crippen LogP contribution in [-0.4, -0.2) is 19.5 Å². The van der Waals surface area contributed by atoms with Crippen LogP contribution >= 0.6 is 0 Å². The van der Waals surface area contributed by atoms with Gasteiger partial charge in [0.1, 0.15) is 5.82 Å². The number of fused-ring (bicyclic) bond motifs is 3. The molecule has 7 aromatic rings. The second kappa shape index (κ2) is 9.57. The first-order valence-electron chi connectivity index (χ1n) is 12.8. The highest BCUT2D eigenvalue weighted by Gasteiger charge is 2.16. The van der Waals surface area contributed by atoms with Gasteiger partial charge in [0.15, 0.2) is 17.5 Å². The molecule has 0 aliphatic carbocycles. The van der Waals surface area contributed by atoms with Crippen molar-refractivity contribution in [2.75, 3.05) is 0 Å². The van der Waals surface area contributed by atoms with E-state index in [0.717, 1.165) is 33.1 Å². The fourth-order valence-corrected chi connectivity index (χ4v) is 5.06. The molecule has 0 spiro atoms. The largest absolute Gasteiger partial charge is 0.309 e. The highest BCUT2D eigenvalue weighted by Crippen LogP contribution is 2.35. The first-order chi connectivity index (χ1) is 19.7. The third kappa shape index (κ3) is 4.07. The normalized spacial score (nSPS) is 11.1. The van der Waals surface area contributed by atoms with Crippen LogP contribution in [0.2, 0.25) is 0 Å². The predicted octanol–water partition coefficient (Wildman–Crippen LogP) is 7.98. The van der Waals surface area contributed by atoms with Crippen LogP contribution in [0, 0.1) is 17.1 Å². The monoisotopic (exact) mass is 517 g/mol. The second-order valence-electron chi connectivity index (χ2n) is 9.43. The molecule has 2 aromatic heterocycles. The van der Waals surface area contributed by atoms with Gasteiger partial charge < -0.3 is 4.57 Å². The molecule has 0 radical (unpaired) electrons. The molecule has 5 aromatic carbocycles. The summed E-state index contributed by atoms with van der Waals surface area (Å²) in [6.45, 7) is 0. The summed E-state index contributed by atoms with van der Waals surface area (Å²) >= 11 is 0. The van der Waals surface area contributed by atoms with E-state index >= 15 is 0 Å². The maximum absolute atomic E-state index is 13.7. The summed E-state index contributed by atoms with van der Waals surface area (Å²) < 4.78 is 15.9. The molecular weight excluding hydrogens is 497 g/mol. The number of nitrogens with zero attached hydrogens (tertiary/aromatic N) is 5. The van der Waals surface area contributed by atoms with E-state index in [9.17, 15) is 9.65 Å². The van der Waals surface area contributed by atoms with Crippen LogP contribution in [0.5, 0.6) is 0 Å². The van der Waals surface area contributed by atoms with Gasteiger partial charge >= 0.3 is 0 Å². The Bertz CT molecular complexity index is 2070. The van der Waals surface area contributed by atoms with Crippen molar-refractivity contribution < 1.29 is 4.39 Å². The van der Waals surface area contributed by atoms with E-state index < -0.39 is 0 Å². The number of rotatable bonds is 4. The molecule has 0 bridgehead atoms. The molecule has 0 saturated heterocycles. The molecule has 7 rings (SSSR count). The zero-order valence-corrected chi connectivity index (χ0v) is 21.2. The molecule has 0 unspecified atom stereocenters. The summed E-state index contributed by atoms with van der Waals surface area (Å²) in [7, 11) is 0. The van der Waals surface area contributed by atoms with Gasteiger partial charge in [0, 0.05) is 33.2 Å². The van der Waals surface area contributed by atoms with E-state index in [1.165, 1.54) is 12.1 Å². The Balaban J connectivity index is 1.46. The lowest BCUT2D eigenvalue weighted by Gasteiger charge is -2.10. The zero-order chi connectivity index (χ0) is 27.1. The van der Waals surface area contributed by atoms with E-state index in [4.69, 9.17) is 15.0 Å². The fourth-order valence-electron chi connectivity index (χ4n) is 5.06. The minimum absolute atomic E-state index is 0.333. The number of benzene rings is 5. The van der Waals surface area contributed by atoms with Crippen molar-refractivity contribution in [1.29, 1.82) is 5.26 Å². The number of hydrogen-bond donors (Lipinski definition) is 0. The molecule has 6 heteroatoms. The Hall–Kier alpha value is -5.67. The summed E-state index contributed by atoms with van der Waals surface area (Å²) in [5.74, 6) is 1.02. The Kier molecular flexibility index (Phi) is 5.61. The number of nitriles is 1. The van der Waals surface area contributed by atoms with Crippen molar-refractivity contribution >= 4 is 21.8 Å². The van der Waals surface area contributed by atoms with Crippen LogP contribution < -0.4 is 0 Å². The first-order valence-corrected chi connectivity index (χ1v) is 12.8. The van der Waals surface area contributed by atoms with Crippen LogP contribution in [0.25, 0.3) is 61.7 Å². The summed E-state index contributed by atoms with van der Waals surface area (Å²) in [6.07, 6.45) is 0. The summed E-state index contributed by atoms with van der Waals surface area (Å²) in [5.41, 5.74) is 5.98. The number of aromatic nitrogens is 4. The van der Waals surface area contributed by atoms with E-state index in [1.54, 1.807) is 30.3 Å². The van der Waals surface area contributed by atoms with Crippen molar-refractivity contribution in [3.05, 3.63) is 133 Å². The minimum Gasteiger partial charge on any atom is -0.309 e. The number of halogens is 1. The standard InChI is InChI=1S/C34H20FN5/c35-26-16-13-23(14-17-26)32-37-33(24-8-6-7-22(19-24)21-36)39-34(38-32)25-15-18-31-29(20-25)28-11-4-5-12-30(28)40(31)27-9-2-1-3-10-27/h1-20H. The van der Waals surface area contributed by atoms with Gasteiger partial charge in [-0.1, -0.05) is 48.5 Å². The Morgan fingerprint density at radius 2 is 1.18 bits per heavy atom. The molecular formula is C34H20FN5. The average molecular weight is 518 g/mol. The molecule has 188 valence electrons. The van der Waals surface area contributed by atoms with Gasteiger partial charge in [-0.05, 0) is 72.8 Å². The van der Waals surface area contributed by atoms with Crippen LogP contribution in [0.15, 0.2) is 121 Å². The van der Waals surface area contributed by atoms with Gasteiger partial charge in [0.05, 0.1) is 22.7 Å². The van der Waals surface area contributed by atoms with E-state index in [-0.39, 0.29) is 5.82 Å². The van der Waals surface area contributed by atoms with Gasteiger partial charge in [-0.25, -0.2) is 19.3 Å². The van der Waals surface area contributed by atoms with Crippen molar-refractivity contribution in [2.45, 2.75) is 0 Å². The third-order valence-corrected chi connectivity index (χ3v) is 6.93. The summed E-state index contributed by atoms with van der Waals surface area (Å²) in [5, 5.41) is 11.6. The van der Waals surface area contributed by atoms with Gasteiger partial charge in [-0.2, -0.15) is 5.26 Å². The zero-order valence-electron chi connectivity index (χ0n) is 21.2. The molecule has 0 aliphatic rings. The first kappa shape index (κ1) is 23.4. The maximum Gasteiger partial charge on any atom is 0.164 e. The minimum atomic E-state index is -0.333. The lowest BCUT2D eigenvalue weighted by Crippen LogP contribution is -2.00. The van der Waals surface area contributed by atoms with Crippen molar-refractivity contribution in [3.8, 4) is 45.9 Å². The summed E-state index contributed by atoms with van der Waals surface area (Å²) in [6, 6.07) is 40.3. The van der Waals surface area contributed by atoms with Gasteiger partial charge in [0.25, 0.3) is 0 Å². The molecule has 0 fully saturated rings. The quantitative estimate of drug-likeness (QED) is 0.237. The Labute approximate surface area is 229 Å². The average Bonchev–Trinajstić information content (AvgIpc) is 3.35. The van der Waals surface area contributed by atoms with E-state index in [1.807, 2.05) is 42.5 Å². The molecule has 2 heterocycles. The predicted molar refractivity (Wildman–Crippen MR) is 155 cm³/mol. The molecule has 40 heavy (non-hydrogen) atoms. The lowest BCUT2D eigenvalue weighted by molar-refractivity contribution is 0.628. The van der Waals surface area contributed by atoms with Crippen molar-refractivity contribution in [3.63, 3.8) is 0 Å². The van der Waals surface area contributed by atoms with E-state index in [0.29, 0.717) is 34.2 Å². The second-order valence-corrected chi connectivity index (χ2v) is 9.43. The van der Waals surface area contributed by atoms with Crippen LogP contribution in [-0.2, 0) is 0 Å². The van der Waals surface area contributed by atoms with Crippen molar-refractivity contribution in [2.24, 2.45) is 0 Å². The van der Waals surface area contributed by atoms with Gasteiger partial charge in [0.2, 0.25) is 0 Å². The van der Waals surface area contributed by atoms with Crippen LogP contribution in [0.1, 0.15) is 5.56 Å². The molecule has 0 N–H and O–H groups in total. The van der Waals surface area contributed by atoms with E-state index in [2.05, 4.69) is 47.0 Å². The highest BCUT2D eigenvalue weighted by molar-refractivity contribution is 6.10. The number of para-hydroxylation sites is 2. The number of hydrogen-bond acceptors (Lipinski definition) is 4. The van der Waals surface area contributed by atoms with Crippen LogP contribution in [0.3, 0.4) is 0 Å².